The number of anilines is 1. The van der Waals surface area contributed by atoms with Crippen LogP contribution in [0.5, 0.6) is 0 Å². The van der Waals surface area contributed by atoms with Gasteiger partial charge in [0.25, 0.3) is 5.69 Å². The lowest BCUT2D eigenvalue weighted by Gasteiger charge is -2.07. The van der Waals surface area contributed by atoms with E-state index in [0.717, 1.165) is 0 Å². The standard InChI is InChI=1S/C14H11N3O4S/c18-13(8-7-12-2-1-9-21-12)16-14(22)15-10-3-5-11(6-4-10)17(19)20/h1-9H,(H2,15,16,18,22). The van der Waals surface area contributed by atoms with Gasteiger partial charge in [-0.15, -0.1) is 0 Å². The SMILES string of the molecule is O=C(C=Cc1ccco1)NC(=S)Nc1ccc([N+](=O)[O-])cc1. The van der Waals surface area contributed by atoms with Gasteiger partial charge < -0.3 is 9.73 Å². The maximum atomic E-state index is 11.6. The van der Waals surface area contributed by atoms with Crippen molar-refractivity contribution in [1.29, 1.82) is 0 Å². The van der Waals surface area contributed by atoms with Gasteiger partial charge in [0.2, 0.25) is 5.91 Å². The van der Waals surface area contributed by atoms with Crippen molar-refractivity contribution in [3.63, 3.8) is 0 Å². The molecule has 0 fully saturated rings. The van der Waals surface area contributed by atoms with E-state index in [4.69, 9.17) is 16.6 Å². The van der Waals surface area contributed by atoms with Crippen molar-refractivity contribution in [2.75, 3.05) is 5.32 Å². The van der Waals surface area contributed by atoms with E-state index in [9.17, 15) is 14.9 Å². The van der Waals surface area contributed by atoms with Crippen molar-refractivity contribution >= 4 is 40.7 Å². The van der Waals surface area contributed by atoms with E-state index in [1.165, 1.54) is 42.7 Å². The zero-order chi connectivity index (χ0) is 15.9. The van der Waals surface area contributed by atoms with Crippen LogP contribution >= 0.6 is 12.2 Å². The molecule has 0 bridgehead atoms. The van der Waals surface area contributed by atoms with Gasteiger partial charge in [0, 0.05) is 23.9 Å². The van der Waals surface area contributed by atoms with Gasteiger partial charge in [0.1, 0.15) is 5.76 Å². The Hall–Kier alpha value is -3.00. The van der Waals surface area contributed by atoms with E-state index >= 15 is 0 Å². The lowest BCUT2D eigenvalue weighted by molar-refractivity contribution is -0.384. The summed E-state index contributed by atoms with van der Waals surface area (Å²) < 4.78 is 5.04. The number of thiocarbonyl (C=S) groups is 1. The third-order valence-corrected chi connectivity index (χ3v) is 2.72. The summed E-state index contributed by atoms with van der Waals surface area (Å²) in [6, 6.07) is 9.08. The summed E-state index contributed by atoms with van der Waals surface area (Å²) in [5.41, 5.74) is 0.507. The first-order chi connectivity index (χ1) is 10.5. The average molecular weight is 317 g/mol. The molecule has 2 N–H and O–H groups in total. The Bertz CT molecular complexity index is 708. The predicted molar refractivity (Wildman–Crippen MR) is 85.2 cm³/mol. The molecule has 0 aliphatic carbocycles. The molecular formula is C14H11N3O4S. The molecular weight excluding hydrogens is 306 g/mol. The molecule has 0 unspecified atom stereocenters. The fraction of sp³-hybridized carbons (Fsp3) is 0. The molecule has 8 heteroatoms. The maximum Gasteiger partial charge on any atom is 0.269 e. The monoisotopic (exact) mass is 317 g/mol. The number of hydrogen-bond acceptors (Lipinski definition) is 5. The maximum absolute atomic E-state index is 11.6. The minimum Gasteiger partial charge on any atom is -0.465 e. The normalized spacial score (nSPS) is 10.4. The van der Waals surface area contributed by atoms with Gasteiger partial charge in [-0.1, -0.05) is 0 Å². The number of rotatable bonds is 4. The van der Waals surface area contributed by atoms with Crippen LogP contribution in [-0.4, -0.2) is 15.9 Å². The van der Waals surface area contributed by atoms with Gasteiger partial charge in [-0.2, -0.15) is 0 Å². The Labute approximate surface area is 130 Å². The van der Waals surface area contributed by atoms with E-state index in [0.29, 0.717) is 11.4 Å². The Kier molecular flexibility index (Phi) is 4.99. The molecule has 1 heterocycles. The Balaban J connectivity index is 1.87. The minimum atomic E-state index is -0.497. The van der Waals surface area contributed by atoms with Gasteiger partial charge in [-0.05, 0) is 42.6 Å². The summed E-state index contributed by atoms with van der Waals surface area (Å²) in [4.78, 5) is 21.7. The third-order valence-electron chi connectivity index (χ3n) is 2.51. The van der Waals surface area contributed by atoms with E-state index < -0.39 is 10.8 Å². The number of furan rings is 1. The molecule has 0 spiro atoms. The lowest BCUT2D eigenvalue weighted by atomic mass is 10.3. The minimum absolute atomic E-state index is 0.0260. The first kappa shape index (κ1) is 15.4. The highest BCUT2D eigenvalue weighted by molar-refractivity contribution is 7.80. The Morgan fingerprint density at radius 2 is 2.00 bits per heavy atom. The molecule has 1 aromatic heterocycles. The summed E-state index contributed by atoms with van der Waals surface area (Å²) in [6.45, 7) is 0. The number of nitrogens with zero attached hydrogens (tertiary/aromatic N) is 1. The summed E-state index contributed by atoms with van der Waals surface area (Å²) in [5, 5.41) is 15.8. The molecule has 22 heavy (non-hydrogen) atoms. The van der Waals surface area contributed by atoms with Crippen LogP contribution in [0.2, 0.25) is 0 Å². The van der Waals surface area contributed by atoms with Crippen LogP contribution < -0.4 is 10.6 Å². The lowest BCUT2D eigenvalue weighted by Crippen LogP contribution is -2.32. The second-order valence-corrected chi connectivity index (χ2v) is 4.50. The van der Waals surface area contributed by atoms with Crippen molar-refractivity contribution in [2.45, 2.75) is 0 Å². The Morgan fingerprint density at radius 1 is 1.27 bits per heavy atom. The number of nitro groups is 1. The molecule has 1 amide bonds. The van der Waals surface area contributed by atoms with E-state index in [-0.39, 0.29) is 10.8 Å². The Morgan fingerprint density at radius 3 is 2.59 bits per heavy atom. The topological polar surface area (TPSA) is 97.4 Å². The molecule has 0 aliphatic heterocycles. The van der Waals surface area contributed by atoms with Crippen LogP contribution in [0.15, 0.2) is 53.2 Å². The summed E-state index contributed by atoms with van der Waals surface area (Å²) in [6.07, 6.45) is 4.28. The molecule has 0 saturated carbocycles. The summed E-state index contributed by atoms with van der Waals surface area (Å²) in [5.74, 6) is 0.125. The molecule has 2 rings (SSSR count). The van der Waals surface area contributed by atoms with E-state index in [1.807, 2.05) is 0 Å². The van der Waals surface area contributed by atoms with E-state index in [2.05, 4.69) is 10.6 Å². The van der Waals surface area contributed by atoms with Gasteiger partial charge in [0.05, 0.1) is 11.2 Å². The molecule has 0 atom stereocenters. The second-order valence-electron chi connectivity index (χ2n) is 4.10. The van der Waals surface area contributed by atoms with Gasteiger partial charge in [-0.3, -0.25) is 20.2 Å². The van der Waals surface area contributed by atoms with Crippen molar-refractivity contribution in [1.82, 2.24) is 5.32 Å². The van der Waals surface area contributed by atoms with Crippen LogP contribution in [-0.2, 0) is 4.79 Å². The van der Waals surface area contributed by atoms with Crippen LogP contribution in [0.4, 0.5) is 11.4 Å². The van der Waals surface area contributed by atoms with Crippen LogP contribution in [0.1, 0.15) is 5.76 Å². The largest absolute Gasteiger partial charge is 0.465 e. The van der Waals surface area contributed by atoms with Crippen LogP contribution in [0.3, 0.4) is 0 Å². The molecule has 7 nitrogen and oxygen atoms in total. The molecule has 2 aromatic rings. The molecule has 0 radical (unpaired) electrons. The number of hydrogen-bond donors (Lipinski definition) is 2. The van der Waals surface area contributed by atoms with Gasteiger partial charge in [0.15, 0.2) is 5.11 Å². The molecule has 1 aromatic carbocycles. The number of benzene rings is 1. The zero-order valence-electron chi connectivity index (χ0n) is 11.2. The third kappa shape index (κ3) is 4.53. The highest BCUT2D eigenvalue weighted by atomic mass is 32.1. The van der Waals surface area contributed by atoms with Crippen molar-refractivity contribution in [3.05, 3.63) is 64.6 Å². The van der Waals surface area contributed by atoms with Crippen molar-refractivity contribution in [2.24, 2.45) is 0 Å². The van der Waals surface area contributed by atoms with Crippen molar-refractivity contribution in [3.8, 4) is 0 Å². The summed E-state index contributed by atoms with van der Waals surface area (Å²) >= 11 is 4.98. The quantitative estimate of drug-likeness (QED) is 0.389. The first-order valence-electron chi connectivity index (χ1n) is 6.12. The fourth-order valence-electron chi connectivity index (χ4n) is 1.53. The number of nitrogens with one attached hydrogen (secondary N) is 2. The number of non-ortho nitro benzene ring substituents is 1. The fourth-order valence-corrected chi connectivity index (χ4v) is 1.74. The van der Waals surface area contributed by atoms with Crippen LogP contribution in [0, 0.1) is 10.1 Å². The first-order valence-corrected chi connectivity index (χ1v) is 6.53. The van der Waals surface area contributed by atoms with Crippen molar-refractivity contribution < 1.29 is 14.1 Å². The average Bonchev–Trinajstić information content (AvgIpc) is 2.99. The number of amides is 1. The summed E-state index contributed by atoms with van der Waals surface area (Å²) in [7, 11) is 0. The van der Waals surface area contributed by atoms with E-state index in [1.54, 1.807) is 12.1 Å². The molecule has 0 saturated heterocycles. The molecule has 0 aliphatic rings. The van der Waals surface area contributed by atoms with Gasteiger partial charge in [-0.25, -0.2) is 0 Å². The molecule has 112 valence electrons. The zero-order valence-corrected chi connectivity index (χ0v) is 12.0. The highest BCUT2D eigenvalue weighted by Crippen LogP contribution is 2.15. The predicted octanol–water partition coefficient (Wildman–Crippen LogP) is 2.71. The number of carbonyl (C=O) groups is 1. The van der Waals surface area contributed by atoms with Gasteiger partial charge >= 0.3 is 0 Å². The van der Waals surface area contributed by atoms with Crippen LogP contribution in [0.25, 0.3) is 6.08 Å². The highest BCUT2D eigenvalue weighted by Gasteiger charge is 2.05. The number of nitro benzene ring substituents is 1. The smallest absolute Gasteiger partial charge is 0.269 e. The number of carbonyl (C=O) groups excluding carboxylic acids is 1. The second kappa shape index (κ2) is 7.14.